The first-order valence-corrected chi connectivity index (χ1v) is 6.07. The van der Waals surface area contributed by atoms with Gasteiger partial charge in [0.2, 0.25) is 0 Å². The summed E-state index contributed by atoms with van der Waals surface area (Å²) in [6, 6.07) is 1.78. The third kappa shape index (κ3) is 1.61. The molecule has 0 radical (unpaired) electrons. The maximum Gasteiger partial charge on any atom is 0.331 e. The Bertz CT molecular complexity index is 633. The van der Waals surface area contributed by atoms with Gasteiger partial charge in [-0.05, 0) is 17.4 Å². The summed E-state index contributed by atoms with van der Waals surface area (Å²) < 4.78 is 2.86. The zero-order chi connectivity index (χ0) is 11.9. The maximum absolute atomic E-state index is 12.1. The molecule has 0 N–H and O–H groups in total. The molecule has 2 heterocycles. The van der Waals surface area contributed by atoms with Crippen LogP contribution in [-0.4, -0.2) is 9.13 Å². The van der Waals surface area contributed by atoms with Gasteiger partial charge < -0.3 is 0 Å². The van der Waals surface area contributed by atoms with Gasteiger partial charge in [0.05, 0.1) is 5.39 Å². The fourth-order valence-corrected chi connectivity index (χ4v) is 2.60. The number of aryl methyl sites for hydroxylation is 1. The highest BCUT2D eigenvalue weighted by Crippen LogP contribution is 2.14. The second-order valence-electron chi connectivity index (χ2n) is 4.29. The molecule has 16 heavy (non-hydrogen) atoms. The molecule has 0 unspecified atom stereocenters. The molecular formula is C11H14N2O2S. The van der Waals surface area contributed by atoms with Crippen LogP contribution >= 0.6 is 11.3 Å². The summed E-state index contributed by atoms with van der Waals surface area (Å²) in [6.45, 7) is 4.45. The van der Waals surface area contributed by atoms with Gasteiger partial charge in [0, 0.05) is 13.6 Å². The monoisotopic (exact) mass is 238 g/mol. The van der Waals surface area contributed by atoms with Gasteiger partial charge in [-0.2, -0.15) is 0 Å². The molecule has 2 aromatic heterocycles. The van der Waals surface area contributed by atoms with E-state index in [4.69, 9.17) is 0 Å². The van der Waals surface area contributed by atoms with Crippen molar-refractivity contribution in [3.8, 4) is 0 Å². The Morgan fingerprint density at radius 2 is 2.06 bits per heavy atom. The van der Waals surface area contributed by atoms with Crippen molar-refractivity contribution in [1.29, 1.82) is 0 Å². The van der Waals surface area contributed by atoms with Crippen molar-refractivity contribution < 1.29 is 0 Å². The highest BCUT2D eigenvalue weighted by atomic mass is 32.1. The molecule has 0 bridgehead atoms. The lowest BCUT2D eigenvalue weighted by Gasteiger charge is -2.10. The SMILES string of the molecule is CC(C)Cn1c(=O)c2ccsc2n(C)c1=O. The van der Waals surface area contributed by atoms with E-state index in [1.54, 1.807) is 17.7 Å². The van der Waals surface area contributed by atoms with E-state index in [-0.39, 0.29) is 17.2 Å². The largest absolute Gasteiger partial charge is 0.331 e. The molecule has 86 valence electrons. The molecule has 2 aromatic rings. The number of thiophene rings is 1. The summed E-state index contributed by atoms with van der Waals surface area (Å²) in [4.78, 5) is 24.8. The fraction of sp³-hybridized carbons (Fsp3) is 0.455. The Labute approximate surface area is 96.8 Å². The minimum absolute atomic E-state index is 0.173. The summed E-state index contributed by atoms with van der Waals surface area (Å²) in [5.41, 5.74) is -0.401. The summed E-state index contributed by atoms with van der Waals surface area (Å²) in [5.74, 6) is 0.279. The number of hydrogen-bond donors (Lipinski definition) is 0. The third-order valence-electron chi connectivity index (χ3n) is 2.49. The van der Waals surface area contributed by atoms with Gasteiger partial charge in [-0.1, -0.05) is 13.8 Å². The van der Waals surface area contributed by atoms with Crippen molar-refractivity contribution in [3.63, 3.8) is 0 Å². The van der Waals surface area contributed by atoms with E-state index >= 15 is 0 Å². The average molecular weight is 238 g/mol. The topological polar surface area (TPSA) is 44.0 Å². The quantitative estimate of drug-likeness (QED) is 0.794. The molecular weight excluding hydrogens is 224 g/mol. The van der Waals surface area contributed by atoms with Gasteiger partial charge in [-0.25, -0.2) is 4.79 Å². The van der Waals surface area contributed by atoms with E-state index in [9.17, 15) is 9.59 Å². The van der Waals surface area contributed by atoms with Crippen LogP contribution in [0.3, 0.4) is 0 Å². The smallest absolute Gasteiger partial charge is 0.287 e. The minimum Gasteiger partial charge on any atom is -0.287 e. The fourth-order valence-electron chi connectivity index (χ4n) is 1.75. The second-order valence-corrected chi connectivity index (χ2v) is 5.19. The number of nitrogens with zero attached hydrogens (tertiary/aromatic N) is 2. The molecule has 0 saturated carbocycles. The van der Waals surface area contributed by atoms with Crippen LogP contribution in [0.25, 0.3) is 10.2 Å². The Balaban J connectivity index is 2.83. The number of hydrogen-bond acceptors (Lipinski definition) is 3. The lowest BCUT2D eigenvalue weighted by Crippen LogP contribution is -2.39. The van der Waals surface area contributed by atoms with Crippen molar-refractivity contribution in [2.45, 2.75) is 20.4 Å². The van der Waals surface area contributed by atoms with E-state index in [0.29, 0.717) is 11.9 Å². The first kappa shape index (κ1) is 11.1. The molecule has 0 amide bonds. The predicted molar refractivity (Wildman–Crippen MR) is 66.2 cm³/mol. The molecule has 0 fully saturated rings. The summed E-state index contributed by atoms with van der Waals surface area (Å²) in [5, 5.41) is 2.47. The molecule has 0 aliphatic rings. The van der Waals surface area contributed by atoms with E-state index < -0.39 is 0 Å². The van der Waals surface area contributed by atoms with Crippen LogP contribution in [0.4, 0.5) is 0 Å². The van der Waals surface area contributed by atoms with Gasteiger partial charge in [0.15, 0.2) is 0 Å². The van der Waals surface area contributed by atoms with Gasteiger partial charge in [-0.15, -0.1) is 11.3 Å². The minimum atomic E-state index is -0.228. The van der Waals surface area contributed by atoms with Gasteiger partial charge in [0.1, 0.15) is 4.83 Å². The van der Waals surface area contributed by atoms with E-state index in [1.807, 2.05) is 19.2 Å². The normalized spacial score (nSPS) is 11.5. The predicted octanol–water partition coefficient (Wildman–Crippen LogP) is 1.42. The zero-order valence-corrected chi connectivity index (χ0v) is 10.4. The lowest BCUT2D eigenvalue weighted by molar-refractivity contribution is 0.486. The summed E-state index contributed by atoms with van der Waals surface area (Å²) in [7, 11) is 1.71. The van der Waals surface area contributed by atoms with Crippen LogP contribution in [0.2, 0.25) is 0 Å². The van der Waals surface area contributed by atoms with Crippen LogP contribution in [0, 0.1) is 5.92 Å². The first-order valence-electron chi connectivity index (χ1n) is 5.19. The van der Waals surface area contributed by atoms with Gasteiger partial charge in [0.25, 0.3) is 5.56 Å². The first-order chi connectivity index (χ1) is 7.52. The standard InChI is InChI=1S/C11H14N2O2S/c1-7(2)6-13-9(14)8-4-5-16-10(8)12(3)11(13)15/h4-5,7H,6H2,1-3H3. The maximum atomic E-state index is 12.1. The zero-order valence-electron chi connectivity index (χ0n) is 9.56. The number of aromatic nitrogens is 2. The molecule has 0 saturated heterocycles. The molecule has 0 atom stereocenters. The van der Waals surface area contributed by atoms with Crippen molar-refractivity contribution in [2.75, 3.05) is 0 Å². The Kier molecular flexibility index (Phi) is 2.71. The van der Waals surface area contributed by atoms with Crippen LogP contribution in [0.5, 0.6) is 0 Å². The lowest BCUT2D eigenvalue weighted by atomic mass is 10.2. The van der Waals surface area contributed by atoms with Crippen LogP contribution < -0.4 is 11.2 Å². The molecule has 0 spiro atoms. The molecule has 0 aromatic carbocycles. The highest BCUT2D eigenvalue weighted by molar-refractivity contribution is 7.16. The van der Waals surface area contributed by atoms with Crippen molar-refractivity contribution in [2.24, 2.45) is 13.0 Å². The van der Waals surface area contributed by atoms with Crippen LogP contribution in [0.15, 0.2) is 21.0 Å². The van der Waals surface area contributed by atoms with Crippen LogP contribution in [-0.2, 0) is 13.6 Å². The average Bonchev–Trinajstić information content (AvgIpc) is 2.70. The van der Waals surface area contributed by atoms with Crippen LogP contribution in [0.1, 0.15) is 13.8 Å². The van der Waals surface area contributed by atoms with Crippen molar-refractivity contribution >= 4 is 21.6 Å². The second kappa shape index (κ2) is 3.90. The Hall–Kier alpha value is -1.36. The molecule has 4 nitrogen and oxygen atoms in total. The van der Waals surface area contributed by atoms with E-state index in [0.717, 1.165) is 4.83 Å². The van der Waals surface area contributed by atoms with E-state index in [2.05, 4.69) is 0 Å². The third-order valence-corrected chi connectivity index (χ3v) is 3.48. The van der Waals surface area contributed by atoms with Crippen molar-refractivity contribution in [1.82, 2.24) is 9.13 Å². The highest BCUT2D eigenvalue weighted by Gasteiger charge is 2.12. The molecule has 2 rings (SSSR count). The van der Waals surface area contributed by atoms with Gasteiger partial charge >= 0.3 is 5.69 Å². The Morgan fingerprint density at radius 3 is 2.69 bits per heavy atom. The van der Waals surface area contributed by atoms with Gasteiger partial charge in [-0.3, -0.25) is 13.9 Å². The molecule has 0 aliphatic heterocycles. The number of fused-ring (bicyclic) bond motifs is 1. The summed E-state index contributed by atoms with van der Waals surface area (Å²) in [6.07, 6.45) is 0. The Morgan fingerprint density at radius 1 is 1.38 bits per heavy atom. The molecule has 5 heteroatoms. The van der Waals surface area contributed by atoms with E-state index in [1.165, 1.54) is 15.9 Å². The number of rotatable bonds is 2. The summed E-state index contributed by atoms with van der Waals surface area (Å²) >= 11 is 1.42. The van der Waals surface area contributed by atoms with Crippen molar-refractivity contribution in [3.05, 3.63) is 32.3 Å². The molecule has 0 aliphatic carbocycles.